The average Bonchev–Trinajstić information content (AvgIpc) is 2.60. The maximum Gasteiger partial charge on any atom is 0.142 e. The van der Waals surface area contributed by atoms with Crippen LogP contribution < -0.4 is 5.73 Å². The highest BCUT2D eigenvalue weighted by Gasteiger charge is 2.12. The van der Waals surface area contributed by atoms with E-state index < -0.39 is 0 Å². The Morgan fingerprint density at radius 1 is 1.31 bits per heavy atom. The standard InChI is InChI=1S/C12H16N4/c1-8(13)11-5-4-6-14-12(11)16-7-15-9(2)10(16)3/h4-8H,13H2,1-3H3. The van der Waals surface area contributed by atoms with E-state index in [4.69, 9.17) is 5.73 Å². The monoisotopic (exact) mass is 216 g/mol. The summed E-state index contributed by atoms with van der Waals surface area (Å²) in [7, 11) is 0. The van der Waals surface area contributed by atoms with Crippen molar-refractivity contribution in [2.45, 2.75) is 26.8 Å². The van der Waals surface area contributed by atoms with Gasteiger partial charge in [0.1, 0.15) is 12.1 Å². The summed E-state index contributed by atoms with van der Waals surface area (Å²) < 4.78 is 1.98. The van der Waals surface area contributed by atoms with E-state index in [1.54, 1.807) is 12.5 Å². The summed E-state index contributed by atoms with van der Waals surface area (Å²) in [6.45, 7) is 5.97. The van der Waals surface area contributed by atoms with Crippen LogP contribution in [0.25, 0.3) is 5.82 Å². The molecule has 0 aliphatic rings. The minimum atomic E-state index is -0.0363. The molecule has 2 aromatic heterocycles. The number of hydrogen-bond donors (Lipinski definition) is 1. The lowest BCUT2D eigenvalue weighted by atomic mass is 10.1. The largest absolute Gasteiger partial charge is 0.324 e. The molecular weight excluding hydrogens is 200 g/mol. The number of aryl methyl sites for hydroxylation is 1. The molecule has 0 spiro atoms. The number of pyridine rings is 1. The Morgan fingerprint density at radius 2 is 2.06 bits per heavy atom. The van der Waals surface area contributed by atoms with Crippen molar-refractivity contribution in [3.63, 3.8) is 0 Å². The lowest BCUT2D eigenvalue weighted by Gasteiger charge is -2.13. The zero-order chi connectivity index (χ0) is 11.7. The lowest BCUT2D eigenvalue weighted by molar-refractivity contribution is 0.786. The van der Waals surface area contributed by atoms with Gasteiger partial charge in [-0.2, -0.15) is 0 Å². The minimum absolute atomic E-state index is 0.0363. The van der Waals surface area contributed by atoms with Crippen molar-refractivity contribution < 1.29 is 0 Å². The van der Waals surface area contributed by atoms with E-state index in [-0.39, 0.29) is 6.04 Å². The zero-order valence-corrected chi connectivity index (χ0v) is 9.81. The molecule has 0 saturated carbocycles. The van der Waals surface area contributed by atoms with Gasteiger partial charge in [-0.1, -0.05) is 6.07 Å². The second kappa shape index (κ2) is 4.06. The lowest BCUT2D eigenvalue weighted by Crippen LogP contribution is -2.11. The first-order valence-electron chi connectivity index (χ1n) is 5.32. The van der Waals surface area contributed by atoms with E-state index in [0.717, 1.165) is 22.8 Å². The molecule has 2 aromatic rings. The average molecular weight is 216 g/mol. The van der Waals surface area contributed by atoms with Gasteiger partial charge >= 0.3 is 0 Å². The Labute approximate surface area is 95.1 Å². The molecular formula is C12H16N4. The molecule has 0 aliphatic heterocycles. The molecule has 4 nitrogen and oxygen atoms in total. The Morgan fingerprint density at radius 3 is 2.62 bits per heavy atom. The van der Waals surface area contributed by atoms with Gasteiger partial charge < -0.3 is 5.73 Å². The predicted octanol–water partition coefficient (Wildman–Crippen LogP) is 1.90. The Balaban J connectivity index is 2.60. The number of imidazole rings is 1. The van der Waals surface area contributed by atoms with E-state index in [2.05, 4.69) is 9.97 Å². The first-order valence-corrected chi connectivity index (χ1v) is 5.32. The normalized spacial score (nSPS) is 12.8. The molecule has 1 unspecified atom stereocenters. The van der Waals surface area contributed by atoms with Gasteiger partial charge in [-0.3, -0.25) is 4.57 Å². The van der Waals surface area contributed by atoms with Gasteiger partial charge in [-0.05, 0) is 26.8 Å². The number of hydrogen-bond acceptors (Lipinski definition) is 3. The summed E-state index contributed by atoms with van der Waals surface area (Å²) in [5.41, 5.74) is 9.08. The maximum absolute atomic E-state index is 5.94. The third-order valence-electron chi connectivity index (χ3n) is 2.79. The van der Waals surface area contributed by atoms with Crippen LogP contribution in [0.15, 0.2) is 24.7 Å². The predicted molar refractivity (Wildman–Crippen MR) is 63.4 cm³/mol. The Kier molecular flexibility index (Phi) is 2.75. The van der Waals surface area contributed by atoms with Gasteiger partial charge in [0, 0.05) is 23.5 Å². The van der Waals surface area contributed by atoms with Crippen LogP contribution in [-0.4, -0.2) is 14.5 Å². The zero-order valence-electron chi connectivity index (χ0n) is 9.81. The summed E-state index contributed by atoms with van der Waals surface area (Å²) in [5.74, 6) is 0.871. The van der Waals surface area contributed by atoms with Gasteiger partial charge in [0.2, 0.25) is 0 Å². The second-order valence-electron chi connectivity index (χ2n) is 3.99. The highest BCUT2D eigenvalue weighted by molar-refractivity contribution is 5.38. The molecule has 2 N–H and O–H groups in total. The van der Waals surface area contributed by atoms with E-state index in [0.29, 0.717) is 0 Å². The molecule has 0 saturated heterocycles. The van der Waals surface area contributed by atoms with Crippen molar-refractivity contribution in [1.82, 2.24) is 14.5 Å². The number of nitrogens with zero attached hydrogens (tertiary/aromatic N) is 3. The van der Waals surface area contributed by atoms with Gasteiger partial charge in [0.25, 0.3) is 0 Å². The fourth-order valence-corrected chi connectivity index (χ4v) is 1.68. The van der Waals surface area contributed by atoms with Crippen molar-refractivity contribution in [2.75, 3.05) is 0 Å². The molecule has 0 fully saturated rings. The Hall–Kier alpha value is -1.68. The number of nitrogens with two attached hydrogens (primary N) is 1. The SMILES string of the molecule is Cc1ncn(-c2ncccc2C(C)N)c1C. The maximum atomic E-state index is 5.94. The molecule has 1 atom stereocenters. The second-order valence-corrected chi connectivity index (χ2v) is 3.99. The molecule has 0 amide bonds. The minimum Gasteiger partial charge on any atom is -0.324 e. The number of rotatable bonds is 2. The van der Waals surface area contributed by atoms with Gasteiger partial charge in [-0.15, -0.1) is 0 Å². The summed E-state index contributed by atoms with van der Waals surface area (Å²) >= 11 is 0. The molecule has 2 rings (SSSR count). The first-order chi connectivity index (χ1) is 7.61. The van der Waals surface area contributed by atoms with Crippen molar-refractivity contribution in [3.8, 4) is 5.82 Å². The van der Waals surface area contributed by atoms with E-state index in [1.165, 1.54) is 0 Å². The quantitative estimate of drug-likeness (QED) is 0.834. The fraction of sp³-hybridized carbons (Fsp3) is 0.333. The molecule has 4 heteroatoms. The van der Waals surface area contributed by atoms with Crippen molar-refractivity contribution in [2.24, 2.45) is 5.73 Å². The van der Waals surface area contributed by atoms with Crippen molar-refractivity contribution >= 4 is 0 Å². The molecule has 0 aromatic carbocycles. The van der Waals surface area contributed by atoms with Crippen LogP contribution in [0, 0.1) is 13.8 Å². The van der Waals surface area contributed by atoms with E-state index in [1.807, 2.05) is 37.5 Å². The summed E-state index contributed by atoms with van der Waals surface area (Å²) in [4.78, 5) is 8.66. The highest BCUT2D eigenvalue weighted by atomic mass is 15.1. The van der Waals surface area contributed by atoms with Crippen LogP contribution in [-0.2, 0) is 0 Å². The van der Waals surface area contributed by atoms with Crippen LogP contribution in [0.1, 0.15) is 29.9 Å². The Bertz CT molecular complexity index is 499. The molecule has 0 radical (unpaired) electrons. The van der Waals surface area contributed by atoms with Crippen LogP contribution in [0.2, 0.25) is 0 Å². The van der Waals surface area contributed by atoms with Crippen LogP contribution in [0.3, 0.4) is 0 Å². The van der Waals surface area contributed by atoms with Crippen LogP contribution in [0.5, 0.6) is 0 Å². The summed E-state index contributed by atoms with van der Waals surface area (Å²) in [6.07, 6.45) is 3.56. The van der Waals surface area contributed by atoms with E-state index >= 15 is 0 Å². The van der Waals surface area contributed by atoms with E-state index in [9.17, 15) is 0 Å². The first kappa shape index (κ1) is 10.8. The molecule has 16 heavy (non-hydrogen) atoms. The number of aromatic nitrogens is 3. The third-order valence-corrected chi connectivity index (χ3v) is 2.79. The van der Waals surface area contributed by atoms with Gasteiger partial charge in [0.05, 0.1) is 5.69 Å². The third kappa shape index (κ3) is 1.72. The molecule has 2 heterocycles. The van der Waals surface area contributed by atoms with Gasteiger partial charge in [0.15, 0.2) is 0 Å². The topological polar surface area (TPSA) is 56.7 Å². The molecule has 0 bridgehead atoms. The van der Waals surface area contributed by atoms with Crippen LogP contribution in [0.4, 0.5) is 0 Å². The van der Waals surface area contributed by atoms with Crippen LogP contribution >= 0.6 is 0 Å². The van der Waals surface area contributed by atoms with Crippen molar-refractivity contribution in [1.29, 1.82) is 0 Å². The molecule has 0 aliphatic carbocycles. The van der Waals surface area contributed by atoms with Crippen molar-refractivity contribution in [3.05, 3.63) is 41.6 Å². The summed E-state index contributed by atoms with van der Waals surface area (Å²) in [6, 6.07) is 3.87. The smallest absolute Gasteiger partial charge is 0.142 e. The fourth-order valence-electron chi connectivity index (χ4n) is 1.68. The molecule has 84 valence electrons. The van der Waals surface area contributed by atoms with Gasteiger partial charge in [-0.25, -0.2) is 9.97 Å². The summed E-state index contributed by atoms with van der Waals surface area (Å²) in [5, 5.41) is 0. The highest BCUT2D eigenvalue weighted by Crippen LogP contribution is 2.19.